The van der Waals surface area contributed by atoms with Crippen molar-refractivity contribution in [2.24, 2.45) is 0 Å². The van der Waals surface area contributed by atoms with E-state index in [1.54, 1.807) is 0 Å². The first-order valence-corrected chi connectivity index (χ1v) is 8.65. The number of nitro groups is 1. The summed E-state index contributed by atoms with van der Waals surface area (Å²) in [6, 6.07) is 9.83. The number of nitrogens with one attached hydrogen (secondary N) is 2. The van der Waals surface area contributed by atoms with E-state index in [-0.39, 0.29) is 18.7 Å². The van der Waals surface area contributed by atoms with Crippen molar-refractivity contribution in [2.75, 3.05) is 11.9 Å². The van der Waals surface area contributed by atoms with Crippen molar-refractivity contribution in [1.82, 2.24) is 10.2 Å². The van der Waals surface area contributed by atoms with Crippen molar-refractivity contribution in [3.63, 3.8) is 0 Å². The van der Waals surface area contributed by atoms with Crippen LogP contribution in [-0.4, -0.2) is 34.2 Å². The lowest BCUT2D eigenvalue weighted by atomic mass is 9.92. The van der Waals surface area contributed by atoms with Crippen LogP contribution in [0.15, 0.2) is 48.5 Å². The molecule has 0 aromatic heterocycles. The highest BCUT2D eigenvalue weighted by Gasteiger charge is 2.48. The van der Waals surface area contributed by atoms with E-state index in [0.717, 1.165) is 4.90 Å². The Kier molecular flexibility index (Phi) is 5.26. The van der Waals surface area contributed by atoms with Gasteiger partial charge in [-0.3, -0.25) is 24.6 Å². The van der Waals surface area contributed by atoms with E-state index in [1.165, 1.54) is 55.5 Å². The molecule has 2 aromatic rings. The van der Waals surface area contributed by atoms with Gasteiger partial charge in [0.25, 0.3) is 11.6 Å². The molecule has 0 aliphatic carbocycles. The minimum atomic E-state index is -1.39. The highest BCUT2D eigenvalue weighted by Crippen LogP contribution is 2.30. The van der Waals surface area contributed by atoms with E-state index in [4.69, 9.17) is 0 Å². The number of rotatable bonds is 6. The summed E-state index contributed by atoms with van der Waals surface area (Å²) in [6.45, 7) is 1.34. The van der Waals surface area contributed by atoms with E-state index in [0.29, 0.717) is 11.3 Å². The fraction of sp³-hybridized carbons (Fsp3) is 0.211. The third-order valence-corrected chi connectivity index (χ3v) is 4.62. The number of carbonyl (C=O) groups is 3. The zero-order valence-corrected chi connectivity index (χ0v) is 15.3. The number of hydrogen-bond acceptors (Lipinski definition) is 5. The molecule has 1 heterocycles. The molecule has 3 rings (SSSR count). The van der Waals surface area contributed by atoms with Gasteiger partial charge >= 0.3 is 6.03 Å². The van der Waals surface area contributed by atoms with Crippen LogP contribution in [0, 0.1) is 15.9 Å². The molecule has 1 aliphatic rings. The van der Waals surface area contributed by atoms with Crippen LogP contribution in [0.3, 0.4) is 0 Å². The summed E-state index contributed by atoms with van der Waals surface area (Å²) in [5.74, 6) is -1.44. The molecule has 9 nitrogen and oxygen atoms in total. The number of halogens is 1. The lowest BCUT2D eigenvalue weighted by molar-refractivity contribution is -0.384. The van der Waals surface area contributed by atoms with Gasteiger partial charge in [-0.2, -0.15) is 0 Å². The molecular weight excluding hydrogens is 383 g/mol. The van der Waals surface area contributed by atoms with E-state index in [1.807, 2.05) is 0 Å². The van der Waals surface area contributed by atoms with Crippen molar-refractivity contribution in [3.05, 3.63) is 70.0 Å². The number of imide groups is 1. The van der Waals surface area contributed by atoms with Gasteiger partial charge in [0.15, 0.2) is 0 Å². The van der Waals surface area contributed by atoms with E-state index >= 15 is 0 Å². The third-order valence-electron chi connectivity index (χ3n) is 4.62. The molecule has 0 bridgehead atoms. The standard InChI is InChI=1S/C19H17FN4O5/c1-19(12-2-8-15(9-3-12)24(28)29)17(26)23(18(27)22-19)11-10-16(25)21-14-6-4-13(20)5-7-14/h2-9H,10-11H2,1H3,(H,21,25)(H,22,27). The van der Waals surface area contributed by atoms with Crippen LogP contribution in [0.4, 0.5) is 20.6 Å². The molecule has 10 heteroatoms. The molecule has 0 spiro atoms. The summed E-state index contributed by atoms with van der Waals surface area (Å²) in [5, 5.41) is 15.9. The number of carbonyl (C=O) groups excluding carboxylic acids is 3. The minimum absolute atomic E-state index is 0.136. The Labute approximate surface area is 164 Å². The van der Waals surface area contributed by atoms with Gasteiger partial charge in [0.1, 0.15) is 11.4 Å². The normalized spacial score (nSPS) is 18.5. The Morgan fingerprint density at radius 3 is 2.38 bits per heavy atom. The van der Waals surface area contributed by atoms with Gasteiger partial charge in [-0.05, 0) is 48.9 Å². The van der Waals surface area contributed by atoms with Gasteiger partial charge in [-0.1, -0.05) is 0 Å². The van der Waals surface area contributed by atoms with Crippen LogP contribution in [0.1, 0.15) is 18.9 Å². The highest BCUT2D eigenvalue weighted by molar-refractivity contribution is 6.07. The fourth-order valence-electron chi connectivity index (χ4n) is 2.98. The van der Waals surface area contributed by atoms with Crippen LogP contribution in [0.2, 0.25) is 0 Å². The summed E-state index contributed by atoms with van der Waals surface area (Å²) in [7, 11) is 0. The number of nitrogens with zero attached hydrogens (tertiary/aromatic N) is 2. The smallest absolute Gasteiger partial charge is 0.325 e. The average molecular weight is 400 g/mol. The lowest BCUT2D eigenvalue weighted by Crippen LogP contribution is -2.41. The van der Waals surface area contributed by atoms with Gasteiger partial charge in [0, 0.05) is 30.8 Å². The van der Waals surface area contributed by atoms with E-state index in [9.17, 15) is 28.9 Å². The quantitative estimate of drug-likeness (QED) is 0.438. The summed E-state index contributed by atoms with van der Waals surface area (Å²) < 4.78 is 12.9. The first-order chi connectivity index (χ1) is 13.7. The zero-order valence-electron chi connectivity index (χ0n) is 15.3. The number of nitro benzene ring substituents is 1. The predicted molar refractivity (Wildman–Crippen MR) is 100 cm³/mol. The Morgan fingerprint density at radius 2 is 1.79 bits per heavy atom. The van der Waals surface area contributed by atoms with Crippen LogP contribution < -0.4 is 10.6 Å². The molecule has 2 aromatic carbocycles. The summed E-state index contributed by atoms with van der Waals surface area (Å²) in [4.78, 5) is 48.3. The number of amides is 4. The fourth-order valence-corrected chi connectivity index (χ4v) is 2.98. The summed E-state index contributed by atoms with van der Waals surface area (Å²) >= 11 is 0. The van der Waals surface area contributed by atoms with E-state index < -0.39 is 34.1 Å². The first kappa shape index (κ1) is 19.9. The van der Waals surface area contributed by atoms with Gasteiger partial charge in [-0.15, -0.1) is 0 Å². The van der Waals surface area contributed by atoms with Crippen molar-refractivity contribution < 1.29 is 23.7 Å². The molecule has 4 amide bonds. The minimum Gasteiger partial charge on any atom is -0.326 e. The maximum absolute atomic E-state index is 12.9. The number of benzene rings is 2. The van der Waals surface area contributed by atoms with Crippen LogP contribution in [-0.2, 0) is 15.1 Å². The molecule has 1 atom stereocenters. The molecule has 150 valence electrons. The number of urea groups is 1. The number of hydrogen-bond donors (Lipinski definition) is 2. The molecule has 29 heavy (non-hydrogen) atoms. The van der Waals surface area contributed by atoms with Gasteiger partial charge < -0.3 is 10.6 Å². The summed E-state index contributed by atoms with van der Waals surface area (Å²) in [5.41, 5.74) is -0.743. The molecule has 0 radical (unpaired) electrons. The maximum atomic E-state index is 12.9. The number of anilines is 1. The Balaban J connectivity index is 1.65. The SMILES string of the molecule is CC1(c2ccc([N+](=O)[O-])cc2)NC(=O)N(CCC(=O)Nc2ccc(F)cc2)C1=O. The first-order valence-electron chi connectivity index (χ1n) is 8.65. The number of non-ortho nitro benzene ring substituents is 1. The molecular formula is C19H17FN4O5. The second-order valence-corrected chi connectivity index (χ2v) is 6.62. The molecule has 1 saturated heterocycles. The summed E-state index contributed by atoms with van der Waals surface area (Å²) in [6.07, 6.45) is -0.146. The highest BCUT2D eigenvalue weighted by atomic mass is 19.1. The topological polar surface area (TPSA) is 122 Å². The lowest BCUT2D eigenvalue weighted by Gasteiger charge is -2.22. The zero-order chi connectivity index (χ0) is 21.2. The third kappa shape index (κ3) is 4.05. The Morgan fingerprint density at radius 1 is 1.17 bits per heavy atom. The van der Waals surface area contributed by atoms with Crippen LogP contribution in [0.5, 0.6) is 0 Å². The van der Waals surface area contributed by atoms with Crippen molar-refractivity contribution in [2.45, 2.75) is 18.9 Å². The van der Waals surface area contributed by atoms with Gasteiger partial charge in [0.05, 0.1) is 4.92 Å². The molecule has 1 aliphatic heterocycles. The van der Waals surface area contributed by atoms with Crippen LogP contribution in [0.25, 0.3) is 0 Å². The van der Waals surface area contributed by atoms with Gasteiger partial charge in [-0.25, -0.2) is 9.18 Å². The van der Waals surface area contributed by atoms with Crippen LogP contribution >= 0.6 is 0 Å². The van der Waals surface area contributed by atoms with Gasteiger partial charge in [0.2, 0.25) is 5.91 Å². The second-order valence-electron chi connectivity index (χ2n) is 6.62. The molecule has 0 saturated carbocycles. The van der Waals surface area contributed by atoms with E-state index in [2.05, 4.69) is 10.6 Å². The Hall–Kier alpha value is -3.82. The monoisotopic (exact) mass is 400 g/mol. The Bertz CT molecular complexity index is 977. The van der Waals surface area contributed by atoms with Crippen molar-refractivity contribution in [3.8, 4) is 0 Å². The maximum Gasteiger partial charge on any atom is 0.325 e. The van der Waals surface area contributed by atoms with Crippen molar-refractivity contribution >= 4 is 29.2 Å². The largest absolute Gasteiger partial charge is 0.326 e. The second kappa shape index (κ2) is 7.66. The average Bonchev–Trinajstić information content (AvgIpc) is 2.91. The van der Waals surface area contributed by atoms with Crippen molar-refractivity contribution in [1.29, 1.82) is 0 Å². The predicted octanol–water partition coefficient (Wildman–Crippen LogP) is 2.53. The molecule has 1 unspecified atom stereocenters. The molecule has 2 N–H and O–H groups in total. The molecule has 1 fully saturated rings.